The molecule has 0 radical (unpaired) electrons. The summed E-state index contributed by atoms with van der Waals surface area (Å²) in [6.45, 7) is 5.57. The summed E-state index contributed by atoms with van der Waals surface area (Å²) in [6, 6.07) is 0. The Hall–Kier alpha value is -0.260. The predicted molar refractivity (Wildman–Crippen MR) is 72.5 cm³/mol. The number of hydrogen-bond donors (Lipinski definition) is 1. The van der Waals surface area contributed by atoms with Gasteiger partial charge in [0.25, 0.3) is 0 Å². The van der Waals surface area contributed by atoms with Crippen molar-refractivity contribution in [2.75, 3.05) is 38.9 Å². The highest BCUT2D eigenvalue weighted by Crippen LogP contribution is 2.16. The quantitative estimate of drug-likeness (QED) is 0.480. The molecule has 0 aromatic rings. The molecule has 0 fully saturated rings. The van der Waals surface area contributed by atoms with E-state index in [4.69, 9.17) is 9.47 Å². The number of esters is 1. The lowest BCUT2D eigenvalue weighted by atomic mass is 10.1. The van der Waals surface area contributed by atoms with Crippen LogP contribution in [0.2, 0.25) is 0 Å². The average Bonchev–Trinajstić information content (AvgIpc) is 2.35. The van der Waals surface area contributed by atoms with E-state index in [0.717, 1.165) is 37.5 Å². The Balaban J connectivity index is 4.05. The largest absolute Gasteiger partial charge is 0.468 e. The molecule has 0 amide bonds. The zero-order valence-electron chi connectivity index (χ0n) is 11.4. The van der Waals surface area contributed by atoms with Gasteiger partial charge in [-0.05, 0) is 32.1 Å². The van der Waals surface area contributed by atoms with Crippen LogP contribution in [0.4, 0.5) is 0 Å². The maximum absolute atomic E-state index is 11.7. The van der Waals surface area contributed by atoms with Gasteiger partial charge in [-0.3, -0.25) is 4.79 Å². The standard InChI is InChI=1S/C12H25NO3S/c1-5-7-13-12(2,11(14)16-4)10-17-9-6-8-15-3/h13H,5-10H2,1-4H3. The van der Waals surface area contributed by atoms with Gasteiger partial charge in [-0.15, -0.1) is 0 Å². The van der Waals surface area contributed by atoms with Crippen molar-refractivity contribution in [2.45, 2.75) is 32.2 Å². The molecule has 17 heavy (non-hydrogen) atoms. The fourth-order valence-electron chi connectivity index (χ4n) is 1.39. The van der Waals surface area contributed by atoms with E-state index in [9.17, 15) is 4.79 Å². The first-order valence-electron chi connectivity index (χ1n) is 6.00. The molecule has 0 aliphatic rings. The van der Waals surface area contributed by atoms with Crippen LogP contribution in [0.5, 0.6) is 0 Å². The predicted octanol–water partition coefficient (Wildman–Crippen LogP) is 1.69. The normalized spacial score (nSPS) is 14.4. The van der Waals surface area contributed by atoms with E-state index in [1.807, 2.05) is 6.92 Å². The second-order valence-electron chi connectivity index (χ2n) is 4.15. The maximum Gasteiger partial charge on any atom is 0.326 e. The van der Waals surface area contributed by atoms with E-state index in [-0.39, 0.29) is 5.97 Å². The third kappa shape index (κ3) is 6.91. The van der Waals surface area contributed by atoms with Gasteiger partial charge in [0.15, 0.2) is 0 Å². The number of thioether (sulfide) groups is 1. The summed E-state index contributed by atoms with van der Waals surface area (Å²) in [7, 11) is 3.13. The SMILES string of the molecule is CCCNC(C)(CSCCCOC)C(=O)OC. The molecule has 4 nitrogen and oxygen atoms in total. The molecule has 0 saturated carbocycles. The lowest BCUT2D eigenvalue weighted by molar-refractivity contribution is -0.146. The Labute approximate surface area is 109 Å². The van der Waals surface area contributed by atoms with Crippen LogP contribution in [0, 0.1) is 0 Å². The molecule has 0 aromatic carbocycles. The summed E-state index contributed by atoms with van der Waals surface area (Å²) in [5, 5.41) is 3.26. The summed E-state index contributed by atoms with van der Waals surface area (Å²) in [4.78, 5) is 11.7. The van der Waals surface area contributed by atoms with Gasteiger partial charge in [0.1, 0.15) is 5.54 Å². The van der Waals surface area contributed by atoms with Crippen LogP contribution in [0.1, 0.15) is 26.7 Å². The average molecular weight is 263 g/mol. The lowest BCUT2D eigenvalue weighted by Crippen LogP contribution is -2.52. The van der Waals surface area contributed by atoms with E-state index in [1.54, 1.807) is 18.9 Å². The number of methoxy groups -OCH3 is 2. The summed E-state index contributed by atoms with van der Waals surface area (Å²) in [5.41, 5.74) is -0.581. The Morgan fingerprint density at radius 1 is 1.41 bits per heavy atom. The van der Waals surface area contributed by atoms with Crippen LogP contribution in [0.3, 0.4) is 0 Å². The van der Waals surface area contributed by atoms with Crippen LogP contribution in [0.25, 0.3) is 0 Å². The smallest absolute Gasteiger partial charge is 0.326 e. The maximum atomic E-state index is 11.7. The monoisotopic (exact) mass is 263 g/mol. The van der Waals surface area contributed by atoms with Crippen LogP contribution in [-0.4, -0.2) is 50.4 Å². The molecule has 0 spiro atoms. The fourth-order valence-corrected chi connectivity index (χ4v) is 2.48. The third-order valence-corrected chi connectivity index (χ3v) is 3.79. The first-order valence-corrected chi connectivity index (χ1v) is 7.16. The van der Waals surface area contributed by atoms with Gasteiger partial charge in [0.05, 0.1) is 7.11 Å². The molecule has 0 aliphatic carbocycles. The van der Waals surface area contributed by atoms with Crippen molar-refractivity contribution >= 4 is 17.7 Å². The number of ether oxygens (including phenoxy) is 2. The van der Waals surface area contributed by atoms with Gasteiger partial charge in [-0.2, -0.15) is 11.8 Å². The zero-order valence-corrected chi connectivity index (χ0v) is 12.2. The van der Waals surface area contributed by atoms with Crippen molar-refractivity contribution in [2.24, 2.45) is 0 Å². The molecule has 1 unspecified atom stereocenters. The van der Waals surface area contributed by atoms with Crippen molar-refractivity contribution in [3.05, 3.63) is 0 Å². The van der Waals surface area contributed by atoms with Gasteiger partial charge in [0.2, 0.25) is 0 Å². The van der Waals surface area contributed by atoms with Crippen molar-refractivity contribution in [3.8, 4) is 0 Å². The van der Waals surface area contributed by atoms with E-state index in [1.165, 1.54) is 7.11 Å². The molecule has 0 aromatic heterocycles. The first-order chi connectivity index (χ1) is 8.10. The molecule has 0 saturated heterocycles. The molecule has 0 aliphatic heterocycles. The Morgan fingerprint density at radius 3 is 2.65 bits per heavy atom. The number of carbonyl (C=O) groups excluding carboxylic acids is 1. The fraction of sp³-hybridized carbons (Fsp3) is 0.917. The third-order valence-electron chi connectivity index (χ3n) is 2.43. The molecule has 0 heterocycles. The van der Waals surface area contributed by atoms with Gasteiger partial charge in [-0.25, -0.2) is 0 Å². The summed E-state index contributed by atoms with van der Waals surface area (Å²) in [5.74, 6) is 1.53. The molecule has 102 valence electrons. The van der Waals surface area contributed by atoms with Crippen molar-refractivity contribution in [1.29, 1.82) is 0 Å². The Bertz CT molecular complexity index is 214. The summed E-state index contributed by atoms with van der Waals surface area (Å²) >= 11 is 1.75. The lowest BCUT2D eigenvalue weighted by Gasteiger charge is -2.27. The van der Waals surface area contributed by atoms with Gasteiger partial charge >= 0.3 is 5.97 Å². The van der Waals surface area contributed by atoms with E-state index in [2.05, 4.69) is 12.2 Å². The molecule has 0 bridgehead atoms. The number of hydrogen-bond acceptors (Lipinski definition) is 5. The minimum absolute atomic E-state index is 0.190. The summed E-state index contributed by atoms with van der Waals surface area (Å²) in [6.07, 6.45) is 2.01. The zero-order chi connectivity index (χ0) is 13.1. The topological polar surface area (TPSA) is 47.6 Å². The first kappa shape index (κ1) is 16.7. The van der Waals surface area contributed by atoms with Gasteiger partial charge < -0.3 is 14.8 Å². The Kier molecular flexibility index (Phi) is 9.59. The van der Waals surface area contributed by atoms with Crippen LogP contribution >= 0.6 is 11.8 Å². The molecule has 5 heteroatoms. The molecule has 0 rings (SSSR count). The molecular weight excluding hydrogens is 238 g/mol. The highest BCUT2D eigenvalue weighted by Gasteiger charge is 2.33. The van der Waals surface area contributed by atoms with E-state index < -0.39 is 5.54 Å². The van der Waals surface area contributed by atoms with Crippen LogP contribution in [-0.2, 0) is 14.3 Å². The van der Waals surface area contributed by atoms with Crippen LogP contribution < -0.4 is 5.32 Å². The highest BCUT2D eigenvalue weighted by atomic mass is 32.2. The van der Waals surface area contributed by atoms with Crippen molar-refractivity contribution < 1.29 is 14.3 Å². The van der Waals surface area contributed by atoms with Crippen LogP contribution in [0.15, 0.2) is 0 Å². The second-order valence-corrected chi connectivity index (χ2v) is 5.25. The van der Waals surface area contributed by atoms with Gasteiger partial charge in [0, 0.05) is 19.5 Å². The van der Waals surface area contributed by atoms with Crippen molar-refractivity contribution in [1.82, 2.24) is 5.32 Å². The number of carbonyl (C=O) groups is 1. The Morgan fingerprint density at radius 2 is 2.12 bits per heavy atom. The van der Waals surface area contributed by atoms with E-state index >= 15 is 0 Å². The van der Waals surface area contributed by atoms with Gasteiger partial charge in [-0.1, -0.05) is 6.92 Å². The molecule has 1 N–H and O–H groups in total. The number of rotatable bonds is 10. The summed E-state index contributed by atoms with van der Waals surface area (Å²) < 4.78 is 9.84. The molecular formula is C12H25NO3S. The highest BCUT2D eigenvalue weighted by molar-refractivity contribution is 7.99. The number of nitrogens with one attached hydrogen (secondary N) is 1. The van der Waals surface area contributed by atoms with Crippen molar-refractivity contribution in [3.63, 3.8) is 0 Å². The second kappa shape index (κ2) is 9.74. The minimum Gasteiger partial charge on any atom is -0.468 e. The van der Waals surface area contributed by atoms with E-state index in [0.29, 0.717) is 0 Å². The molecule has 1 atom stereocenters. The minimum atomic E-state index is -0.581.